The lowest BCUT2D eigenvalue weighted by Gasteiger charge is -2.46. The molecule has 0 amide bonds. The molecule has 158 valence electrons. The summed E-state index contributed by atoms with van der Waals surface area (Å²) in [7, 11) is 3.15. The van der Waals surface area contributed by atoms with E-state index in [9.17, 15) is 9.59 Å². The Morgan fingerprint density at radius 2 is 0.967 bits per heavy atom. The molecule has 0 radical (unpaired) electrons. The van der Waals surface area contributed by atoms with Gasteiger partial charge in [0.25, 0.3) is 0 Å². The summed E-state index contributed by atoms with van der Waals surface area (Å²) in [6, 6.07) is 13.6. The predicted octanol–water partition coefficient (Wildman–Crippen LogP) is 4.27. The summed E-state index contributed by atoms with van der Waals surface area (Å²) in [4.78, 5) is 25.5. The Kier molecular flexibility index (Phi) is 5.93. The van der Waals surface area contributed by atoms with E-state index in [0.29, 0.717) is 22.6 Å². The average molecular weight is 410 g/mol. The van der Waals surface area contributed by atoms with Crippen LogP contribution in [0.15, 0.2) is 48.5 Å². The van der Waals surface area contributed by atoms with Gasteiger partial charge in [-0.2, -0.15) is 0 Å². The number of hydrogen-bond donors (Lipinski definition) is 0. The maximum absolute atomic E-state index is 12.7. The molecule has 6 heteroatoms. The van der Waals surface area contributed by atoms with Crippen molar-refractivity contribution in [2.45, 2.75) is 37.9 Å². The molecule has 0 aromatic heterocycles. The van der Waals surface area contributed by atoms with Crippen LogP contribution in [0.4, 0.5) is 0 Å². The van der Waals surface area contributed by atoms with E-state index in [0.717, 1.165) is 25.7 Å². The first-order valence-electron chi connectivity index (χ1n) is 10.3. The monoisotopic (exact) mass is 410 g/mol. The SMILES string of the molecule is COc1ccc(C(=O)OC2C3CCC(CC3)C2OC(=O)c2ccc(OC)cc2)cc1. The Morgan fingerprint density at radius 1 is 0.633 bits per heavy atom. The van der Waals surface area contributed by atoms with Crippen molar-refractivity contribution in [3.63, 3.8) is 0 Å². The second-order valence-electron chi connectivity index (χ2n) is 7.87. The van der Waals surface area contributed by atoms with Crippen molar-refractivity contribution < 1.29 is 28.5 Å². The number of esters is 2. The third-order valence-corrected chi connectivity index (χ3v) is 6.21. The van der Waals surface area contributed by atoms with Gasteiger partial charge in [0.15, 0.2) is 0 Å². The number of fused-ring (bicyclic) bond motifs is 3. The zero-order valence-electron chi connectivity index (χ0n) is 17.2. The second kappa shape index (κ2) is 8.78. The summed E-state index contributed by atoms with van der Waals surface area (Å²) in [6.07, 6.45) is 3.11. The van der Waals surface area contributed by atoms with Gasteiger partial charge < -0.3 is 18.9 Å². The van der Waals surface area contributed by atoms with Crippen LogP contribution in [-0.2, 0) is 9.47 Å². The van der Waals surface area contributed by atoms with E-state index in [1.165, 1.54) is 0 Å². The van der Waals surface area contributed by atoms with Gasteiger partial charge in [0, 0.05) is 0 Å². The highest BCUT2D eigenvalue weighted by molar-refractivity contribution is 5.90. The fourth-order valence-electron chi connectivity index (χ4n) is 4.50. The molecule has 6 nitrogen and oxygen atoms in total. The molecule has 2 aromatic rings. The number of ether oxygens (including phenoxy) is 4. The highest BCUT2D eigenvalue weighted by atomic mass is 16.6. The summed E-state index contributed by atoms with van der Waals surface area (Å²) < 4.78 is 22.1. The van der Waals surface area contributed by atoms with Crippen molar-refractivity contribution >= 4 is 11.9 Å². The van der Waals surface area contributed by atoms with Crippen LogP contribution in [0, 0.1) is 11.8 Å². The van der Waals surface area contributed by atoms with Gasteiger partial charge in [-0.15, -0.1) is 0 Å². The fourth-order valence-corrected chi connectivity index (χ4v) is 4.50. The first-order valence-corrected chi connectivity index (χ1v) is 10.3. The standard InChI is InChI=1S/C24H26O6/c1-27-19-11-7-17(8-12-19)23(25)29-21-15-3-5-16(6-4-15)22(21)30-24(26)18-9-13-20(28-2)14-10-18/h7-16,21-22H,3-6H2,1-2H3. The molecule has 2 unspecified atom stereocenters. The van der Waals surface area contributed by atoms with Gasteiger partial charge in [0.1, 0.15) is 23.7 Å². The van der Waals surface area contributed by atoms with E-state index < -0.39 is 24.1 Å². The number of methoxy groups -OCH3 is 2. The normalized spacial score (nSPS) is 24.7. The number of rotatable bonds is 6. The van der Waals surface area contributed by atoms with Crippen LogP contribution in [0.25, 0.3) is 0 Å². The Labute approximate surface area is 176 Å². The van der Waals surface area contributed by atoms with Gasteiger partial charge >= 0.3 is 11.9 Å². The number of benzene rings is 2. The molecule has 2 aromatic carbocycles. The highest BCUT2D eigenvalue weighted by Crippen LogP contribution is 2.44. The lowest BCUT2D eigenvalue weighted by molar-refractivity contribution is -0.121. The summed E-state index contributed by atoms with van der Waals surface area (Å²) in [5.74, 6) is 0.974. The molecule has 0 heterocycles. The van der Waals surface area contributed by atoms with Crippen LogP contribution in [0.1, 0.15) is 46.4 Å². The molecule has 0 N–H and O–H groups in total. The van der Waals surface area contributed by atoms with Crippen molar-refractivity contribution in [1.29, 1.82) is 0 Å². The molecule has 3 saturated carbocycles. The quantitative estimate of drug-likeness (QED) is 0.662. The van der Waals surface area contributed by atoms with Gasteiger partial charge in [0.05, 0.1) is 25.3 Å². The zero-order chi connectivity index (χ0) is 21.1. The van der Waals surface area contributed by atoms with Crippen molar-refractivity contribution in [2.24, 2.45) is 11.8 Å². The fraction of sp³-hybridized carbons (Fsp3) is 0.417. The molecule has 2 bridgehead atoms. The zero-order valence-corrected chi connectivity index (χ0v) is 17.2. The maximum Gasteiger partial charge on any atom is 0.338 e. The van der Waals surface area contributed by atoms with Crippen LogP contribution in [0.2, 0.25) is 0 Å². The Bertz CT molecular complexity index is 805. The lowest BCUT2D eigenvalue weighted by atomic mass is 9.67. The third kappa shape index (κ3) is 4.13. The van der Waals surface area contributed by atoms with E-state index in [4.69, 9.17) is 18.9 Å². The molecule has 2 atom stereocenters. The van der Waals surface area contributed by atoms with Crippen molar-refractivity contribution in [3.05, 3.63) is 59.7 Å². The molecule has 5 rings (SSSR count). The van der Waals surface area contributed by atoms with Crippen LogP contribution in [0.3, 0.4) is 0 Å². The molecule has 3 fully saturated rings. The molecule has 3 aliphatic carbocycles. The largest absolute Gasteiger partial charge is 0.497 e. The van der Waals surface area contributed by atoms with E-state index in [1.807, 2.05) is 0 Å². The molecule has 0 aliphatic heterocycles. The first-order chi connectivity index (χ1) is 14.6. The van der Waals surface area contributed by atoms with E-state index in [-0.39, 0.29) is 11.8 Å². The Balaban J connectivity index is 1.48. The maximum atomic E-state index is 12.7. The third-order valence-electron chi connectivity index (χ3n) is 6.21. The second-order valence-corrected chi connectivity index (χ2v) is 7.87. The summed E-state index contributed by atoms with van der Waals surface area (Å²) in [5, 5.41) is 0. The van der Waals surface area contributed by atoms with Crippen LogP contribution in [0.5, 0.6) is 11.5 Å². The number of carbonyl (C=O) groups is 2. The van der Waals surface area contributed by atoms with Gasteiger partial charge in [0.2, 0.25) is 0 Å². The summed E-state index contributed by atoms with van der Waals surface area (Å²) >= 11 is 0. The van der Waals surface area contributed by atoms with Gasteiger partial charge in [-0.25, -0.2) is 9.59 Å². The topological polar surface area (TPSA) is 71.1 Å². The molecule has 0 saturated heterocycles. The van der Waals surface area contributed by atoms with Crippen molar-refractivity contribution in [2.75, 3.05) is 14.2 Å². The van der Waals surface area contributed by atoms with Crippen molar-refractivity contribution in [3.8, 4) is 11.5 Å². The Hall–Kier alpha value is -3.02. The lowest BCUT2D eigenvalue weighted by Crippen LogP contribution is -2.52. The summed E-state index contributed by atoms with van der Waals surface area (Å²) in [5.41, 5.74) is 0.912. The Morgan fingerprint density at radius 3 is 1.27 bits per heavy atom. The first kappa shape index (κ1) is 20.3. The molecule has 0 spiro atoms. The highest BCUT2D eigenvalue weighted by Gasteiger charge is 2.48. The van der Waals surface area contributed by atoms with Gasteiger partial charge in [-0.3, -0.25) is 0 Å². The molecule has 30 heavy (non-hydrogen) atoms. The molecular formula is C24H26O6. The van der Waals surface area contributed by atoms with Crippen LogP contribution >= 0.6 is 0 Å². The minimum absolute atomic E-state index is 0.214. The van der Waals surface area contributed by atoms with Gasteiger partial charge in [-0.05, 0) is 86.1 Å². The van der Waals surface area contributed by atoms with Gasteiger partial charge in [-0.1, -0.05) is 0 Å². The average Bonchev–Trinajstić information content (AvgIpc) is 2.81. The number of carbonyl (C=O) groups excluding carboxylic acids is 2. The van der Waals surface area contributed by atoms with E-state index >= 15 is 0 Å². The van der Waals surface area contributed by atoms with E-state index in [1.54, 1.807) is 62.8 Å². The smallest absolute Gasteiger partial charge is 0.338 e. The predicted molar refractivity (Wildman–Crippen MR) is 110 cm³/mol. The van der Waals surface area contributed by atoms with Crippen LogP contribution in [-0.4, -0.2) is 38.4 Å². The molecule has 3 aliphatic rings. The van der Waals surface area contributed by atoms with E-state index in [2.05, 4.69) is 0 Å². The van der Waals surface area contributed by atoms with Crippen molar-refractivity contribution in [1.82, 2.24) is 0 Å². The minimum atomic E-state index is -0.422. The number of hydrogen-bond acceptors (Lipinski definition) is 6. The molecular weight excluding hydrogens is 384 g/mol. The summed E-state index contributed by atoms with van der Waals surface area (Å²) in [6.45, 7) is 0. The minimum Gasteiger partial charge on any atom is -0.497 e. The van der Waals surface area contributed by atoms with Crippen LogP contribution < -0.4 is 9.47 Å².